The van der Waals surface area contributed by atoms with Crippen molar-refractivity contribution in [3.8, 4) is 17.2 Å². The molecule has 0 spiro atoms. The van der Waals surface area contributed by atoms with Crippen molar-refractivity contribution in [1.29, 1.82) is 5.26 Å². The zero-order valence-corrected chi connectivity index (χ0v) is 19.9. The molecule has 0 radical (unpaired) electrons. The molecule has 5 nitrogen and oxygen atoms in total. The van der Waals surface area contributed by atoms with E-state index < -0.39 is 41.8 Å². The molecule has 1 saturated heterocycles. The van der Waals surface area contributed by atoms with Crippen molar-refractivity contribution in [1.82, 2.24) is 10.3 Å². The minimum Gasteiger partial charge on any atom is -0.461 e. The molecule has 3 fully saturated rings. The number of nitrogens with zero attached hydrogens (tertiary/aromatic N) is 2. The van der Waals surface area contributed by atoms with Gasteiger partial charge in [-0.3, -0.25) is 15.1 Å². The van der Waals surface area contributed by atoms with Crippen LogP contribution in [0.15, 0.2) is 48.7 Å². The molecule has 2 heterocycles. The van der Waals surface area contributed by atoms with E-state index in [9.17, 15) is 10.1 Å². The van der Waals surface area contributed by atoms with Crippen LogP contribution >= 0.6 is 0 Å². The first-order valence-corrected chi connectivity index (χ1v) is 12.3. The fourth-order valence-corrected chi connectivity index (χ4v) is 5.96. The normalized spacial score (nSPS) is 32.0. The molecule has 7 heteroatoms. The van der Waals surface area contributed by atoms with Crippen LogP contribution in [0.4, 0.5) is 8.78 Å². The lowest BCUT2D eigenvalue weighted by Gasteiger charge is -2.50. The number of carbonyl (C=O) groups is 1. The topological polar surface area (TPSA) is 75.0 Å². The second-order valence-electron chi connectivity index (χ2n) is 10.2. The Balaban J connectivity index is 1.44. The quantitative estimate of drug-likeness (QED) is 0.587. The number of pyridine rings is 1. The molecule has 35 heavy (non-hydrogen) atoms. The maximum atomic E-state index is 15.3. The van der Waals surface area contributed by atoms with Crippen LogP contribution in [0.5, 0.6) is 0 Å². The van der Waals surface area contributed by atoms with Gasteiger partial charge in [-0.2, -0.15) is 5.26 Å². The number of ether oxygens (including phenoxy) is 1. The van der Waals surface area contributed by atoms with E-state index in [0.717, 1.165) is 30.4 Å². The van der Waals surface area contributed by atoms with Crippen LogP contribution in [0.25, 0.3) is 17.2 Å². The Bertz CT molecular complexity index is 1190. The maximum absolute atomic E-state index is 15.3. The summed E-state index contributed by atoms with van der Waals surface area (Å²) in [6.45, 7) is 3.37. The molecule has 1 aliphatic heterocycles. The van der Waals surface area contributed by atoms with Gasteiger partial charge < -0.3 is 4.74 Å². The predicted molar refractivity (Wildman–Crippen MR) is 128 cm³/mol. The zero-order valence-electron chi connectivity index (χ0n) is 19.9. The van der Waals surface area contributed by atoms with Crippen molar-refractivity contribution < 1.29 is 18.3 Å². The summed E-state index contributed by atoms with van der Waals surface area (Å²) in [7, 11) is 0. The first kappa shape index (κ1) is 23.6. The van der Waals surface area contributed by atoms with Crippen molar-refractivity contribution in [3.05, 3.63) is 59.9 Å². The number of halogens is 2. The second-order valence-corrected chi connectivity index (χ2v) is 10.2. The molecular formula is C28H29F2N3O2. The van der Waals surface area contributed by atoms with Gasteiger partial charge >= 0.3 is 5.97 Å². The van der Waals surface area contributed by atoms with Crippen molar-refractivity contribution in [2.75, 3.05) is 0 Å². The molecule has 5 atom stereocenters. The second kappa shape index (κ2) is 8.83. The largest absolute Gasteiger partial charge is 0.461 e. The Morgan fingerprint density at radius 3 is 2.63 bits per heavy atom. The van der Waals surface area contributed by atoms with Crippen LogP contribution in [0.1, 0.15) is 50.8 Å². The van der Waals surface area contributed by atoms with Crippen LogP contribution < -0.4 is 5.32 Å². The predicted octanol–water partition coefficient (Wildman–Crippen LogP) is 5.37. The average molecular weight is 478 g/mol. The third kappa shape index (κ3) is 4.04. The van der Waals surface area contributed by atoms with E-state index >= 15 is 8.78 Å². The summed E-state index contributed by atoms with van der Waals surface area (Å²) in [6, 6.07) is 13.2. The molecule has 182 valence electrons. The van der Waals surface area contributed by atoms with Gasteiger partial charge in [0.05, 0.1) is 17.3 Å². The number of hydrogen-bond acceptors (Lipinski definition) is 5. The molecule has 3 aliphatic rings. The number of fused-ring (bicyclic) bond motifs is 1. The average Bonchev–Trinajstić information content (AvgIpc) is 3.05. The number of cyclic esters (lactones) is 1. The maximum Gasteiger partial charge on any atom is 0.327 e. The van der Waals surface area contributed by atoms with Gasteiger partial charge in [0.1, 0.15) is 11.6 Å². The molecule has 0 unspecified atom stereocenters. The van der Waals surface area contributed by atoms with Gasteiger partial charge in [-0.25, -0.2) is 8.78 Å². The highest BCUT2D eigenvalue weighted by Crippen LogP contribution is 2.55. The van der Waals surface area contributed by atoms with Gasteiger partial charge in [0, 0.05) is 41.6 Å². The number of hydrogen-bond donors (Lipinski definition) is 1. The Hall–Kier alpha value is -3.11. The van der Waals surface area contributed by atoms with E-state index in [2.05, 4.69) is 16.4 Å². The Morgan fingerprint density at radius 1 is 1.20 bits per heavy atom. The van der Waals surface area contributed by atoms with Gasteiger partial charge in [0.15, 0.2) is 0 Å². The van der Waals surface area contributed by atoms with Crippen LogP contribution in [-0.4, -0.2) is 34.6 Å². The Labute approximate surface area is 204 Å². The number of rotatable bonds is 5. The summed E-state index contributed by atoms with van der Waals surface area (Å²) in [5.41, 5.74) is 1.42. The fourth-order valence-electron chi connectivity index (χ4n) is 5.96. The lowest BCUT2D eigenvalue weighted by Crippen LogP contribution is -2.67. The molecule has 2 aromatic rings. The van der Waals surface area contributed by atoms with Crippen LogP contribution in [0.3, 0.4) is 0 Å². The first-order valence-electron chi connectivity index (χ1n) is 12.3. The van der Waals surface area contributed by atoms with E-state index in [-0.39, 0.29) is 12.0 Å². The molecule has 1 aromatic carbocycles. The molecule has 2 aliphatic carbocycles. The van der Waals surface area contributed by atoms with Gasteiger partial charge in [0.2, 0.25) is 0 Å². The standard InChI is InChI=1S/C28H29F2N3O2/c1-17-23(13-12-21-11-10-20(15-32-21)24-9-4-3-6-19(24)14-31)25-18(2)35-26(34)27(25,16-28(17,29)30)33-22-7-5-8-22/h3-4,6,9-13,15,17-18,22-23,25,33H,5,7-8,16H2,1-2H3/t17-,18+,23-,25-,27-/m0/s1. The first-order chi connectivity index (χ1) is 16.7. The van der Waals surface area contributed by atoms with Crippen molar-refractivity contribution in [2.45, 2.75) is 63.1 Å². The third-order valence-corrected chi connectivity index (χ3v) is 8.11. The SMILES string of the molecule is C[C@H]1OC(=O)[C@]2(NC3CCC3)CC(F)(F)[C@@H](C)[C@H](C=Cc3ccc(-c4ccccc4C#N)cn3)[C@H]12. The molecule has 1 aromatic heterocycles. The highest BCUT2D eigenvalue weighted by atomic mass is 19.3. The molecule has 1 N–H and O–H groups in total. The lowest BCUT2D eigenvalue weighted by atomic mass is 9.60. The van der Waals surface area contributed by atoms with E-state index in [1.807, 2.05) is 37.3 Å². The van der Waals surface area contributed by atoms with Gasteiger partial charge in [-0.1, -0.05) is 43.7 Å². The summed E-state index contributed by atoms with van der Waals surface area (Å²) in [4.78, 5) is 17.5. The van der Waals surface area contributed by atoms with E-state index in [1.54, 1.807) is 31.3 Å². The monoisotopic (exact) mass is 477 g/mol. The highest BCUT2D eigenvalue weighted by molar-refractivity contribution is 5.84. The molecule has 0 bridgehead atoms. The van der Waals surface area contributed by atoms with E-state index in [0.29, 0.717) is 11.3 Å². The number of esters is 1. The minimum atomic E-state index is -3.01. The van der Waals surface area contributed by atoms with Crippen molar-refractivity contribution in [2.24, 2.45) is 17.8 Å². The molecule has 0 amide bonds. The van der Waals surface area contributed by atoms with Gasteiger partial charge in [-0.05, 0) is 43.9 Å². The van der Waals surface area contributed by atoms with Crippen molar-refractivity contribution >= 4 is 12.0 Å². The number of benzene rings is 1. The smallest absolute Gasteiger partial charge is 0.327 e. The Morgan fingerprint density at radius 2 is 1.97 bits per heavy atom. The van der Waals surface area contributed by atoms with Crippen LogP contribution in [0, 0.1) is 29.1 Å². The van der Waals surface area contributed by atoms with Gasteiger partial charge in [0.25, 0.3) is 5.92 Å². The van der Waals surface area contributed by atoms with Crippen molar-refractivity contribution in [3.63, 3.8) is 0 Å². The summed E-state index contributed by atoms with van der Waals surface area (Å²) >= 11 is 0. The number of aromatic nitrogens is 1. The van der Waals surface area contributed by atoms with Gasteiger partial charge in [-0.15, -0.1) is 0 Å². The number of nitriles is 1. The number of allylic oxidation sites excluding steroid dienone is 1. The molecule has 5 rings (SSSR count). The van der Waals surface area contributed by atoms with Crippen LogP contribution in [-0.2, 0) is 9.53 Å². The molecular weight excluding hydrogens is 448 g/mol. The lowest BCUT2D eigenvalue weighted by molar-refractivity contribution is -0.161. The summed E-state index contributed by atoms with van der Waals surface area (Å²) in [6.07, 6.45) is 7.06. The third-order valence-electron chi connectivity index (χ3n) is 8.11. The Kier molecular flexibility index (Phi) is 5.96. The number of alkyl halides is 2. The van der Waals surface area contributed by atoms with E-state index in [1.165, 1.54) is 0 Å². The number of nitrogens with one attached hydrogen (secondary N) is 1. The number of carbonyl (C=O) groups excluding carboxylic acids is 1. The summed E-state index contributed by atoms with van der Waals surface area (Å²) < 4.78 is 36.2. The summed E-state index contributed by atoms with van der Waals surface area (Å²) in [5, 5.41) is 12.7. The van der Waals surface area contributed by atoms with Crippen LogP contribution in [0.2, 0.25) is 0 Å². The highest BCUT2D eigenvalue weighted by Gasteiger charge is 2.68. The van der Waals surface area contributed by atoms with E-state index in [4.69, 9.17) is 4.74 Å². The zero-order chi connectivity index (χ0) is 24.8. The molecule has 2 saturated carbocycles. The minimum absolute atomic E-state index is 0.0784. The fraction of sp³-hybridized carbons (Fsp3) is 0.464. The summed E-state index contributed by atoms with van der Waals surface area (Å²) in [5.74, 6) is -5.45.